The van der Waals surface area contributed by atoms with Crippen LogP contribution >= 0.6 is 11.3 Å². The quantitative estimate of drug-likeness (QED) is 0.695. The van der Waals surface area contributed by atoms with Gasteiger partial charge >= 0.3 is 0 Å². The van der Waals surface area contributed by atoms with Crippen molar-refractivity contribution >= 4 is 28.0 Å². The molecular formula is C15H12N2O2S. The van der Waals surface area contributed by atoms with Gasteiger partial charge in [-0.25, -0.2) is 4.98 Å². The molecule has 0 aliphatic heterocycles. The molecule has 3 aromatic rings. The number of aryl methyl sites for hydroxylation is 1. The van der Waals surface area contributed by atoms with Crippen molar-refractivity contribution in [3.05, 3.63) is 62.8 Å². The Balaban J connectivity index is 1.97. The second kappa shape index (κ2) is 5.02. The highest BCUT2D eigenvalue weighted by Crippen LogP contribution is 2.16. The zero-order valence-corrected chi connectivity index (χ0v) is 11.7. The molecule has 0 spiro atoms. The first-order valence-electron chi connectivity index (χ1n) is 6.19. The van der Waals surface area contributed by atoms with Gasteiger partial charge in [-0.2, -0.15) is 0 Å². The molecule has 0 radical (unpaired) electrons. The fourth-order valence-corrected chi connectivity index (χ4v) is 2.83. The monoisotopic (exact) mass is 284 g/mol. The normalized spacial score (nSPS) is 10.8. The number of carbonyl (C=O) groups excluding carboxylic acids is 1. The highest BCUT2D eigenvalue weighted by molar-refractivity contribution is 7.14. The second-order valence-electron chi connectivity index (χ2n) is 4.53. The molecule has 3 rings (SSSR count). The van der Waals surface area contributed by atoms with Crippen LogP contribution in [0.2, 0.25) is 0 Å². The van der Waals surface area contributed by atoms with Crippen LogP contribution in [0.4, 0.5) is 0 Å². The van der Waals surface area contributed by atoms with Crippen molar-refractivity contribution in [2.45, 2.75) is 13.5 Å². The van der Waals surface area contributed by atoms with Gasteiger partial charge in [-0.1, -0.05) is 12.1 Å². The zero-order valence-electron chi connectivity index (χ0n) is 10.9. The molecule has 0 aliphatic carbocycles. The number of hydrogen-bond acceptors (Lipinski definition) is 4. The number of rotatable bonds is 3. The molecule has 0 atom stereocenters. The lowest BCUT2D eigenvalue weighted by Gasteiger charge is -2.04. The molecule has 100 valence electrons. The molecule has 0 saturated carbocycles. The molecular weight excluding hydrogens is 272 g/mol. The van der Waals surface area contributed by atoms with Crippen LogP contribution in [0.1, 0.15) is 14.5 Å². The summed E-state index contributed by atoms with van der Waals surface area (Å²) in [4.78, 5) is 30.4. The zero-order chi connectivity index (χ0) is 14.1. The SMILES string of the molecule is Cc1ccc(C(=O)Cn2cnc3ccccc3c2=O)s1. The van der Waals surface area contributed by atoms with E-state index in [1.54, 1.807) is 24.3 Å². The van der Waals surface area contributed by atoms with Gasteiger partial charge < -0.3 is 0 Å². The van der Waals surface area contributed by atoms with Crippen molar-refractivity contribution in [1.29, 1.82) is 0 Å². The highest BCUT2D eigenvalue weighted by atomic mass is 32.1. The predicted octanol–water partition coefficient (Wildman–Crippen LogP) is 2.65. The molecule has 0 amide bonds. The number of aromatic nitrogens is 2. The molecule has 0 aliphatic rings. The maximum Gasteiger partial charge on any atom is 0.261 e. The standard InChI is InChI=1S/C15H12N2O2S/c1-10-6-7-14(20-10)13(18)8-17-9-16-12-5-3-2-4-11(12)15(17)19/h2-7,9H,8H2,1H3. The number of carbonyl (C=O) groups is 1. The van der Waals surface area contributed by atoms with E-state index in [0.717, 1.165) is 4.88 Å². The number of ketones is 1. The van der Waals surface area contributed by atoms with Gasteiger partial charge in [-0.05, 0) is 31.2 Å². The van der Waals surface area contributed by atoms with Crippen molar-refractivity contribution in [3.63, 3.8) is 0 Å². The first kappa shape index (κ1) is 12.7. The molecule has 0 N–H and O–H groups in total. The fourth-order valence-electron chi connectivity index (χ4n) is 2.04. The maximum atomic E-state index is 12.3. The van der Waals surface area contributed by atoms with Crippen molar-refractivity contribution < 1.29 is 4.79 Å². The van der Waals surface area contributed by atoms with Gasteiger partial charge in [0.05, 0.1) is 28.7 Å². The summed E-state index contributed by atoms with van der Waals surface area (Å²) >= 11 is 1.44. The van der Waals surface area contributed by atoms with Crippen LogP contribution in [0.15, 0.2) is 47.5 Å². The minimum atomic E-state index is -0.183. The lowest BCUT2D eigenvalue weighted by atomic mass is 10.2. The molecule has 5 heteroatoms. The maximum absolute atomic E-state index is 12.3. The molecule has 20 heavy (non-hydrogen) atoms. The van der Waals surface area contributed by atoms with Gasteiger partial charge in [0, 0.05) is 4.88 Å². The summed E-state index contributed by atoms with van der Waals surface area (Å²) in [7, 11) is 0. The Labute approximate surface area is 119 Å². The lowest BCUT2D eigenvalue weighted by molar-refractivity contribution is 0.0974. The Bertz CT molecular complexity index is 848. The van der Waals surface area contributed by atoms with E-state index in [9.17, 15) is 9.59 Å². The average Bonchev–Trinajstić information content (AvgIpc) is 2.89. The Morgan fingerprint density at radius 3 is 2.80 bits per heavy atom. The van der Waals surface area contributed by atoms with Crippen LogP contribution in [-0.4, -0.2) is 15.3 Å². The fraction of sp³-hybridized carbons (Fsp3) is 0.133. The van der Waals surface area contributed by atoms with Crippen LogP contribution < -0.4 is 5.56 Å². The topological polar surface area (TPSA) is 52.0 Å². The van der Waals surface area contributed by atoms with Crippen LogP contribution in [0.3, 0.4) is 0 Å². The molecule has 2 heterocycles. The number of fused-ring (bicyclic) bond motifs is 1. The summed E-state index contributed by atoms with van der Waals surface area (Å²) in [5.74, 6) is -0.0673. The van der Waals surface area contributed by atoms with Crippen molar-refractivity contribution in [1.82, 2.24) is 9.55 Å². The summed E-state index contributed by atoms with van der Waals surface area (Å²) in [6, 6.07) is 10.8. The Morgan fingerprint density at radius 1 is 1.25 bits per heavy atom. The van der Waals surface area contributed by atoms with Crippen LogP contribution in [-0.2, 0) is 6.54 Å². The van der Waals surface area contributed by atoms with Crippen molar-refractivity contribution in [2.24, 2.45) is 0 Å². The van der Waals surface area contributed by atoms with E-state index in [-0.39, 0.29) is 17.9 Å². The van der Waals surface area contributed by atoms with Gasteiger partial charge in [0.15, 0.2) is 5.78 Å². The summed E-state index contributed by atoms with van der Waals surface area (Å²) in [5, 5.41) is 0.533. The third-order valence-electron chi connectivity index (χ3n) is 3.06. The van der Waals surface area contributed by atoms with Crippen molar-refractivity contribution in [2.75, 3.05) is 0 Å². The van der Waals surface area contributed by atoms with E-state index in [4.69, 9.17) is 0 Å². The predicted molar refractivity (Wildman–Crippen MR) is 79.4 cm³/mol. The Morgan fingerprint density at radius 2 is 2.05 bits per heavy atom. The molecule has 2 aromatic heterocycles. The molecule has 0 unspecified atom stereocenters. The second-order valence-corrected chi connectivity index (χ2v) is 5.82. The number of nitrogens with zero attached hydrogens (tertiary/aromatic N) is 2. The van der Waals surface area contributed by atoms with Crippen LogP contribution in [0.25, 0.3) is 10.9 Å². The number of benzene rings is 1. The Hall–Kier alpha value is -2.27. The largest absolute Gasteiger partial charge is 0.291 e. The molecule has 0 bridgehead atoms. The summed E-state index contributed by atoms with van der Waals surface area (Å²) in [5.41, 5.74) is 0.463. The van der Waals surface area contributed by atoms with Crippen LogP contribution in [0, 0.1) is 6.92 Å². The highest BCUT2D eigenvalue weighted by Gasteiger charge is 2.11. The summed E-state index contributed by atoms with van der Waals surface area (Å²) < 4.78 is 1.36. The van der Waals surface area contributed by atoms with Gasteiger partial charge in [-0.15, -0.1) is 11.3 Å². The van der Waals surface area contributed by atoms with E-state index >= 15 is 0 Å². The minimum Gasteiger partial charge on any atom is -0.291 e. The van der Waals surface area contributed by atoms with Crippen molar-refractivity contribution in [3.8, 4) is 0 Å². The van der Waals surface area contributed by atoms with E-state index in [1.165, 1.54) is 22.2 Å². The van der Waals surface area contributed by atoms with Gasteiger partial charge in [-0.3, -0.25) is 14.2 Å². The molecule has 1 aromatic carbocycles. The summed E-state index contributed by atoms with van der Waals surface area (Å²) in [6.45, 7) is 1.97. The summed E-state index contributed by atoms with van der Waals surface area (Å²) in [6.07, 6.45) is 1.43. The molecule has 4 nitrogen and oxygen atoms in total. The van der Waals surface area contributed by atoms with Gasteiger partial charge in [0.25, 0.3) is 5.56 Å². The number of para-hydroxylation sites is 1. The molecule has 0 saturated heterocycles. The number of hydrogen-bond donors (Lipinski definition) is 0. The Kier molecular flexibility index (Phi) is 3.20. The molecule has 0 fully saturated rings. The minimum absolute atomic E-state index is 0.0244. The van der Waals surface area contributed by atoms with E-state index in [0.29, 0.717) is 15.8 Å². The average molecular weight is 284 g/mol. The first-order valence-corrected chi connectivity index (χ1v) is 7.00. The van der Waals surface area contributed by atoms with Crippen LogP contribution in [0.5, 0.6) is 0 Å². The van der Waals surface area contributed by atoms with Gasteiger partial charge in [0.2, 0.25) is 0 Å². The third kappa shape index (κ3) is 2.28. The van der Waals surface area contributed by atoms with Gasteiger partial charge in [0.1, 0.15) is 0 Å². The number of Topliss-reactive ketones (excluding diaryl/α,β-unsaturated/α-hetero) is 1. The third-order valence-corrected chi connectivity index (χ3v) is 4.10. The first-order chi connectivity index (χ1) is 9.65. The van der Waals surface area contributed by atoms with E-state index < -0.39 is 0 Å². The van der Waals surface area contributed by atoms with E-state index in [1.807, 2.05) is 19.1 Å². The lowest BCUT2D eigenvalue weighted by Crippen LogP contribution is -2.24. The number of thiophene rings is 1. The smallest absolute Gasteiger partial charge is 0.261 e. The van der Waals surface area contributed by atoms with E-state index in [2.05, 4.69) is 4.98 Å².